The van der Waals surface area contributed by atoms with Crippen molar-refractivity contribution in [2.75, 3.05) is 42.9 Å². The lowest BCUT2D eigenvalue weighted by atomic mass is 10.2. The molecule has 1 fully saturated rings. The molecule has 0 amide bonds. The van der Waals surface area contributed by atoms with E-state index in [1.54, 1.807) is 12.5 Å². The van der Waals surface area contributed by atoms with Crippen molar-refractivity contribution in [2.24, 2.45) is 0 Å². The van der Waals surface area contributed by atoms with Crippen molar-refractivity contribution in [1.29, 1.82) is 0 Å². The molecule has 0 unspecified atom stereocenters. The molecule has 0 atom stereocenters. The van der Waals surface area contributed by atoms with Crippen molar-refractivity contribution in [3.63, 3.8) is 0 Å². The Balaban J connectivity index is 1.26. The van der Waals surface area contributed by atoms with Gasteiger partial charge < -0.3 is 14.6 Å². The van der Waals surface area contributed by atoms with E-state index in [1.807, 2.05) is 18.2 Å². The molecular weight excluding hydrogens is 352 g/mol. The van der Waals surface area contributed by atoms with Crippen LogP contribution >= 0.6 is 0 Å². The molecule has 1 aliphatic heterocycles. The van der Waals surface area contributed by atoms with Crippen LogP contribution in [0.25, 0.3) is 6.08 Å². The van der Waals surface area contributed by atoms with Gasteiger partial charge in [0.15, 0.2) is 5.82 Å². The average Bonchev–Trinajstić information content (AvgIpc) is 3.28. The van der Waals surface area contributed by atoms with Crippen molar-refractivity contribution in [1.82, 2.24) is 20.1 Å². The summed E-state index contributed by atoms with van der Waals surface area (Å²) >= 11 is 0. The third-order valence-electron chi connectivity index (χ3n) is 4.70. The van der Waals surface area contributed by atoms with E-state index in [0.717, 1.165) is 38.5 Å². The lowest BCUT2D eigenvalue weighted by molar-refractivity contribution is 0.282. The summed E-state index contributed by atoms with van der Waals surface area (Å²) in [6.45, 7) is 5.27. The van der Waals surface area contributed by atoms with Gasteiger partial charge in [0.1, 0.15) is 5.76 Å². The third-order valence-corrected chi connectivity index (χ3v) is 4.70. The normalized spacial score (nSPS) is 15.2. The van der Waals surface area contributed by atoms with Crippen molar-refractivity contribution in [3.05, 3.63) is 72.3 Å². The standard InChI is InChI=1S/C21H24N6O/c1-2-6-18(7-3-1)8-4-10-26-11-13-27(14-12-26)21-24-20(17-23-25-21)22-16-19-9-5-15-28-19/h1-9,15,17H,10-14,16H2,(H,22,24,25)/b8-4+. The number of rotatable bonds is 7. The number of piperazine rings is 1. The van der Waals surface area contributed by atoms with Crippen LogP contribution in [0.3, 0.4) is 0 Å². The molecule has 144 valence electrons. The Morgan fingerprint density at radius 2 is 1.89 bits per heavy atom. The number of aromatic nitrogens is 3. The summed E-state index contributed by atoms with van der Waals surface area (Å²) in [4.78, 5) is 9.21. The Labute approximate surface area is 164 Å². The average molecular weight is 376 g/mol. The third kappa shape index (κ3) is 4.95. The second-order valence-corrected chi connectivity index (χ2v) is 6.68. The topological polar surface area (TPSA) is 70.3 Å². The molecule has 3 aromatic rings. The molecular formula is C21H24N6O. The van der Waals surface area contributed by atoms with Crippen LogP contribution in [-0.2, 0) is 6.54 Å². The summed E-state index contributed by atoms with van der Waals surface area (Å²) in [6, 6.07) is 14.2. The smallest absolute Gasteiger partial charge is 0.247 e. The highest BCUT2D eigenvalue weighted by atomic mass is 16.3. The number of nitrogens with zero attached hydrogens (tertiary/aromatic N) is 5. The molecule has 0 aliphatic carbocycles. The highest BCUT2D eigenvalue weighted by Crippen LogP contribution is 2.13. The zero-order valence-corrected chi connectivity index (χ0v) is 15.7. The summed E-state index contributed by atoms with van der Waals surface area (Å²) in [7, 11) is 0. The van der Waals surface area contributed by atoms with Crippen LogP contribution in [0, 0.1) is 0 Å². The lowest BCUT2D eigenvalue weighted by Crippen LogP contribution is -2.47. The summed E-state index contributed by atoms with van der Waals surface area (Å²) in [6.07, 6.45) is 7.70. The largest absolute Gasteiger partial charge is 0.467 e. The molecule has 0 radical (unpaired) electrons. The second-order valence-electron chi connectivity index (χ2n) is 6.68. The molecule has 0 saturated carbocycles. The number of benzene rings is 1. The lowest BCUT2D eigenvalue weighted by Gasteiger charge is -2.33. The Bertz CT molecular complexity index is 873. The van der Waals surface area contributed by atoms with Crippen LogP contribution in [0.1, 0.15) is 11.3 Å². The van der Waals surface area contributed by atoms with Gasteiger partial charge in [-0.25, -0.2) is 0 Å². The monoisotopic (exact) mass is 376 g/mol. The van der Waals surface area contributed by atoms with Gasteiger partial charge in [0, 0.05) is 32.7 Å². The van der Waals surface area contributed by atoms with E-state index in [4.69, 9.17) is 4.42 Å². The molecule has 28 heavy (non-hydrogen) atoms. The molecule has 2 aromatic heterocycles. The predicted octanol–water partition coefficient (Wildman–Crippen LogP) is 2.91. The van der Waals surface area contributed by atoms with E-state index in [0.29, 0.717) is 18.3 Å². The van der Waals surface area contributed by atoms with E-state index in [2.05, 4.69) is 66.7 Å². The fraction of sp³-hybridized carbons (Fsp3) is 0.286. The van der Waals surface area contributed by atoms with E-state index < -0.39 is 0 Å². The van der Waals surface area contributed by atoms with Crippen molar-refractivity contribution in [3.8, 4) is 0 Å². The minimum atomic E-state index is 0.576. The van der Waals surface area contributed by atoms with Crippen molar-refractivity contribution < 1.29 is 4.42 Å². The molecule has 0 bridgehead atoms. The maximum Gasteiger partial charge on any atom is 0.247 e. The minimum Gasteiger partial charge on any atom is -0.467 e. The van der Waals surface area contributed by atoms with Gasteiger partial charge in [0.2, 0.25) is 5.95 Å². The fourth-order valence-corrected chi connectivity index (χ4v) is 3.14. The Kier molecular flexibility index (Phi) is 5.94. The SMILES string of the molecule is C(=C\c1ccccc1)/CN1CCN(c2nncc(NCc3ccco3)n2)CC1. The second kappa shape index (κ2) is 9.14. The molecule has 7 nitrogen and oxygen atoms in total. The van der Waals surface area contributed by atoms with Gasteiger partial charge in [-0.2, -0.15) is 10.1 Å². The van der Waals surface area contributed by atoms with Gasteiger partial charge in [0.25, 0.3) is 0 Å². The minimum absolute atomic E-state index is 0.576. The Hall–Kier alpha value is -3.19. The van der Waals surface area contributed by atoms with Crippen LogP contribution < -0.4 is 10.2 Å². The van der Waals surface area contributed by atoms with Crippen LogP contribution in [0.2, 0.25) is 0 Å². The van der Waals surface area contributed by atoms with Crippen LogP contribution in [0.15, 0.2) is 65.4 Å². The van der Waals surface area contributed by atoms with Crippen LogP contribution in [0.4, 0.5) is 11.8 Å². The Morgan fingerprint density at radius 3 is 2.68 bits per heavy atom. The maximum absolute atomic E-state index is 5.33. The first-order valence-corrected chi connectivity index (χ1v) is 9.52. The molecule has 0 spiro atoms. The van der Waals surface area contributed by atoms with E-state index >= 15 is 0 Å². The zero-order valence-electron chi connectivity index (χ0n) is 15.7. The van der Waals surface area contributed by atoms with Gasteiger partial charge in [-0.15, -0.1) is 5.10 Å². The van der Waals surface area contributed by atoms with Gasteiger partial charge >= 0.3 is 0 Å². The van der Waals surface area contributed by atoms with Crippen molar-refractivity contribution in [2.45, 2.75) is 6.54 Å². The van der Waals surface area contributed by atoms with Gasteiger partial charge in [-0.3, -0.25) is 4.90 Å². The van der Waals surface area contributed by atoms with Gasteiger partial charge in [-0.1, -0.05) is 42.5 Å². The number of hydrogen-bond acceptors (Lipinski definition) is 7. The molecule has 1 saturated heterocycles. The molecule has 1 aromatic carbocycles. The fourth-order valence-electron chi connectivity index (χ4n) is 3.14. The number of anilines is 2. The summed E-state index contributed by atoms with van der Waals surface area (Å²) in [5, 5.41) is 11.5. The highest BCUT2D eigenvalue weighted by Gasteiger charge is 2.18. The number of furan rings is 1. The summed E-state index contributed by atoms with van der Waals surface area (Å²) in [5.41, 5.74) is 1.24. The Morgan fingerprint density at radius 1 is 1.04 bits per heavy atom. The van der Waals surface area contributed by atoms with Gasteiger partial charge in [0.05, 0.1) is 19.0 Å². The van der Waals surface area contributed by atoms with Gasteiger partial charge in [-0.05, 0) is 17.7 Å². The molecule has 7 heteroatoms. The summed E-state index contributed by atoms with van der Waals surface area (Å²) < 4.78 is 5.33. The molecule has 1 aliphatic rings. The van der Waals surface area contributed by atoms with Crippen LogP contribution in [0.5, 0.6) is 0 Å². The van der Waals surface area contributed by atoms with E-state index in [9.17, 15) is 0 Å². The first-order chi connectivity index (χ1) is 13.9. The quantitative estimate of drug-likeness (QED) is 0.680. The number of nitrogens with one attached hydrogen (secondary N) is 1. The van der Waals surface area contributed by atoms with Crippen molar-refractivity contribution >= 4 is 17.8 Å². The first kappa shape index (κ1) is 18.2. The number of hydrogen-bond donors (Lipinski definition) is 1. The molecule has 1 N–H and O–H groups in total. The first-order valence-electron chi connectivity index (χ1n) is 9.52. The molecule has 4 rings (SSSR count). The highest BCUT2D eigenvalue weighted by molar-refractivity contribution is 5.48. The maximum atomic E-state index is 5.33. The molecule has 3 heterocycles. The predicted molar refractivity (Wildman–Crippen MR) is 110 cm³/mol. The van der Waals surface area contributed by atoms with E-state index in [1.165, 1.54) is 5.56 Å². The van der Waals surface area contributed by atoms with E-state index in [-0.39, 0.29) is 0 Å². The summed E-state index contributed by atoms with van der Waals surface area (Å²) in [5.74, 6) is 2.23. The zero-order chi connectivity index (χ0) is 19.0. The van der Waals surface area contributed by atoms with Crippen LogP contribution in [-0.4, -0.2) is 52.8 Å².